The number of nitrogens with zero attached hydrogens (tertiary/aromatic N) is 3. The lowest BCUT2D eigenvalue weighted by Crippen LogP contribution is -2.11. The number of thiazole rings is 1. The number of hydrogen-bond acceptors (Lipinski definition) is 5. The molecule has 9 heteroatoms. The summed E-state index contributed by atoms with van der Waals surface area (Å²) in [7, 11) is 0. The minimum Gasteiger partial charge on any atom is -0.364 e. The summed E-state index contributed by atoms with van der Waals surface area (Å²) in [6.45, 7) is 0.588. The van der Waals surface area contributed by atoms with Gasteiger partial charge in [0.05, 0.1) is 24.0 Å². The summed E-state index contributed by atoms with van der Waals surface area (Å²) in [5.41, 5.74) is 8.46. The number of aromatic amines is 1. The summed E-state index contributed by atoms with van der Waals surface area (Å²) in [6.07, 6.45) is 4.87. The summed E-state index contributed by atoms with van der Waals surface area (Å²) in [5, 5.41) is 9.26. The zero-order chi connectivity index (χ0) is 19.5. The Balaban J connectivity index is 1.43. The molecule has 28 heavy (non-hydrogen) atoms. The van der Waals surface area contributed by atoms with Gasteiger partial charge < -0.3 is 10.7 Å². The van der Waals surface area contributed by atoms with Gasteiger partial charge in [0.2, 0.25) is 0 Å². The van der Waals surface area contributed by atoms with Crippen molar-refractivity contribution in [3.63, 3.8) is 0 Å². The number of carbonyl (C=O) groups excluding carboxylic acids is 2. The van der Waals surface area contributed by atoms with Crippen molar-refractivity contribution in [2.75, 3.05) is 5.32 Å². The van der Waals surface area contributed by atoms with Crippen LogP contribution in [0.2, 0.25) is 0 Å². The SMILES string of the molecule is NC(=O)c1cc(-c2csc(NC(=O)c3cnn(Cc4ccccc4)c3)n2)c[nH]1. The molecule has 0 unspecified atom stereocenters. The van der Waals surface area contributed by atoms with Gasteiger partial charge in [0.15, 0.2) is 5.13 Å². The maximum absolute atomic E-state index is 12.5. The molecule has 0 radical (unpaired) electrons. The molecule has 0 aliphatic heterocycles. The Morgan fingerprint density at radius 3 is 2.82 bits per heavy atom. The van der Waals surface area contributed by atoms with E-state index in [1.54, 1.807) is 28.5 Å². The number of carbonyl (C=O) groups is 2. The van der Waals surface area contributed by atoms with Gasteiger partial charge in [-0.25, -0.2) is 4.98 Å². The fraction of sp³-hybridized carbons (Fsp3) is 0.0526. The third kappa shape index (κ3) is 3.84. The molecule has 0 saturated heterocycles. The highest BCUT2D eigenvalue weighted by Gasteiger charge is 2.13. The van der Waals surface area contributed by atoms with Crippen LogP contribution in [0.3, 0.4) is 0 Å². The maximum Gasteiger partial charge on any atom is 0.265 e. The van der Waals surface area contributed by atoms with Gasteiger partial charge in [0.25, 0.3) is 11.8 Å². The minimum atomic E-state index is -0.539. The first-order valence-corrected chi connectivity index (χ1v) is 9.28. The summed E-state index contributed by atoms with van der Waals surface area (Å²) in [4.78, 5) is 30.8. The first-order chi connectivity index (χ1) is 13.6. The van der Waals surface area contributed by atoms with Crippen LogP contribution in [0.4, 0.5) is 5.13 Å². The molecule has 0 saturated carbocycles. The maximum atomic E-state index is 12.5. The molecule has 0 fully saturated rings. The number of rotatable bonds is 6. The molecule has 4 rings (SSSR count). The normalized spacial score (nSPS) is 10.7. The quantitative estimate of drug-likeness (QED) is 0.467. The van der Waals surface area contributed by atoms with Gasteiger partial charge in [0.1, 0.15) is 5.69 Å². The van der Waals surface area contributed by atoms with Crippen LogP contribution in [-0.4, -0.2) is 31.6 Å². The summed E-state index contributed by atoms with van der Waals surface area (Å²) in [5.74, 6) is -0.824. The molecule has 8 nitrogen and oxygen atoms in total. The van der Waals surface area contributed by atoms with E-state index in [1.165, 1.54) is 17.5 Å². The molecule has 0 spiro atoms. The number of aromatic nitrogens is 4. The molecule has 2 amide bonds. The van der Waals surface area contributed by atoms with Crippen molar-refractivity contribution in [1.82, 2.24) is 19.7 Å². The van der Waals surface area contributed by atoms with Crippen LogP contribution >= 0.6 is 11.3 Å². The number of nitrogens with one attached hydrogen (secondary N) is 2. The predicted octanol–water partition coefficient (Wildman–Crippen LogP) is 2.73. The van der Waals surface area contributed by atoms with E-state index in [1.807, 2.05) is 30.3 Å². The van der Waals surface area contributed by atoms with Crippen molar-refractivity contribution < 1.29 is 9.59 Å². The third-order valence-electron chi connectivity index (χ3n) is 4.05. The van der Waals surface area contributed by atoms with Crippen molar-refractivity contribution in [3.05, 3.63) is 77.2 Å². The van der Waals surface area contributed by atoms with Crippen LogP contribution in [0.5, 0.6) is 0 Å². The minimum absolute atomic E-state index is 0.285. The lowest BCUT2D eigenvalue weighted by molar-refractivity contribution is 0.0994. The van der Waals surface area contributed by atoms with Crippen molar-refractivity contribution in [3.8, 4) is 11.3 Å². The van der Waals surface area contributed by atoms with Crippen LogP contribution in [0.1, 0.15) is 26.4 Å². The Kier molecular flexibility index (Phi) is 4.73. The van der Waals surface area contributed by atoms with Crippen molar-refractivity contribution in [1.29, 1.82) is 0 Å². The average Bonchev–Trinajstić information content (AvgIpc) is 3.43. The molecule has 4 aromatic rings. The number of anilines is 1. The monoisotopic (exact) mass is 392 g/mol. The number of hydrogen-bond donors (Lipinski definition) is 3. The first-order valence-electron chi connectivity index (χ1n) is 8.40. The molecule has 3 aromatic heterocycles. The van der Waals surface area contributed by atoms with E-state index in [2.05, 4.69) is 20.4 Å². The Morgan fingerprint density at radius 1 is 1.25 bits per heavy atom. The van der Waals surface area contributed by atoms with Crippen LogP contribution in [0, 0.1) is 0 Å². The lowest BCUT2D eigenvalue weighted by Gasteiger charge is -2.01. The second kappa shape index (κ2) is 7.49. The molecule has 140 valence electrons. The van der Waals surface area contributed by atoms with E-state index < -0.39 is 5.91 Å². The molecule has 3 heterocycles. The van der Waals surface area contributed by atoms with Gasteiger partial charge >= 0.3 is 0 Å². The highest BCUT2D eigenvalue weighted by atomic mass is 32.1. The molecular formula is C19H16N6O2S. The van der Waals surface area contributed by atoms with Gasteiger partial charge in [-0.2, -0.15) is 5.10 Å². The van der Waals surface area contributed by atoms with Gasteiger partial charge in [-0.05, 0) is 11.6 Å². The van der Waals surface area contributed by atoms with Crippen LogP contribution in [0.25, 0.3) is 11.3 Å². The number of benzene rings is 1. The van der Waals surface area contributed by atoms with Gasteiger partial charge in [-0.15, -0.1) is 11.3 Å². The second-order valence-corrected chi connectivity index (χ2v) is 6.93. The zero-order valence-electron chi connectivity index (χ0n) is 14.6. The van der Waals surface area contributed by atoms with E-state index >= 15 is 0 Å². The van der Waals surface area contributed by atoms with Crippen LogP contribution in [0.15, 0.2) is 60.4 Å². The number of nitrogens with two attached hydrogens (primary N) is 1. The Labute approximate surface area is 164 Å². The smallest absolute Gasteiger partial charge is 0.265 e. The summed E-state index contributed by atoms with van der Waals surface area (Å²) in [6, 6.07) is 11.5. The van der Waals surface area contributed by atoms with Crippen molar-refractivity contribution in [2.45, 2.75) is 6.54 Å². The predicted molar refractivity (Wildman–Crippen MR) is 106 cm³/mol. The van der Waals surface area contributed by atoms with E-state index in [0.29, 0.717) is 28.6 Å². The van der Waals surface area contributed by atoms with Crippen molar-refractivity contribution in [2.24, 2.45) is 5.73 Å². The largest absolute Gasteiger partial charge is 0.364 e. The van der Waals surface area contributed by atoms with Gasteiger partial charge in [-0.1, -0.05) is 30.3 Å². The molecule has 0 aliphatic rings. The number of primary amides is 1. The van der Waals surface area contributed by atoms with Crippen LogP contribution < -0.4 is 11.1 Å². The molecular weight excluding hydrogens is 376 g/mol. The van der Waals surface area contributed by atoms with E-state index in [0.717, 1.165) is 11.1 Å². The molecule has 0 aliphatic carbocycles. The van der Waals surface area contributed by atoms with Crippen molar-refractivity contribution >= 4 is 28.3 Å². The highest BCUT2D eigenvalue weighted by molar-refractivity contribution is 7.14. The second-order valence-electron chi connectivity index (χ2n) is 6.07. The fourth-order valence-corrected chi connectivity index (χ4v) is 3.37. The van der Waals surface area contributed by atoms with Gasteiger partial charge in [0, 0.05) is 23.3 Å². The number of H-pyrrole nitrogens is 1. The summed E-state index contributed by atoms with van der Waals surface area (Å²) < 4.78 is 1.71. The standard InChI is InChI=1S/C19H16N6O2S/c20-17(26)15-6-13(7-21-15)16-11-28-19(23-16)24-18(27)14-8-22-25(10-14)9-12-4-2-1-3-5-12/h1-8,10-11,21H,9H2,(H2,20,26)(H,23,24,27). The average molecular weight is 392 g/mol. The number of amides is 2. The highest BCUT2D eigenvalue weighted by Crippen LogP contribution is 2.25. The lowest BCUT2D eigenvalue weighted by atomic mass is 10.2. The molecule has 0 bridgehead atoms. The molecule has 0 atom stereocenters. The van der Waals surface area contributed by atoms with E-state index in [4.69, 9.17) is 5.73 Å². The van der Waals surface area contributed by atoms with E-state index in [-0.39, 0.29) is 5.91 Å². The summed E-state index contributed by atoms with van der Waals surface area (Å²) >= 11 is 1.29. The zero-order valence-corrected chi connectivity index (χ0v) is 15.4. The Bertz CT molecular complexity index is 1130. The molecule has 1 aromatic carbocycles. The molecule has 4 N–H and O–H groups in total. The topological polar surface area (TPSA) is 119 Å². The Morgan fingerprint density at radius 2 is 2.07 bits per heavy atom. The Hall–Kier alpha value is -3.72. The third-order valence-corrected chi connectivity index (χ3v) is 4.81. The van der Waals surface area contributed by atoms with Crippen LogP contribution in [-0.2, 0) is 6.54 Å². The van der Waals surface area contributed by atoms with E-state index in [9.17, 15) is 9.59 Å². The fourth-order valence-electron chi connectivity index (χ4n) is 2.66. The first kappa shape index (κ1) is 17.7. The van der Waals surface area contributed by atoms with Gasteiger partial charge in [-0.3, -0.25) is 19.6 Å².